The van der Waals surface area contributed by atoms with Crippen molar-refractivity contribution in [1.82, 2.24) is 0 Å². The highest BCUT2D eigenvalue weighted by atomic mass is 35.5. The summed E-state index contributed by atoms with van der Waals surface area (Å²) in [5.41, 5.74) is 5.65. The highest BCUT2D eigenvalue weighted by Crippen LogP contribution is 2.35. The van der Waals surface area contributed by atoms with Crippen LogP contribution in [0.25, 0.3) is 0 Å². The van der Waals surface area contributed by atoms with Crippen LogP contribution in [0.5, 0.6) is 0 Å². The van der Waals surface area contributed by atoms with Gasteiger partial charge in [-0.1, -0.05) is 35.3 Å². The number of benzene rings is 2. The number of sulfone groups is 1. The Labute approximate surface area is 137 Å². The van der Waals surface area contributed by atoms with Crippen LogP contribution in [0.15, 0.2) is 51.1 Å². The van der Waals surface area contributed by atoms with E-state index in [9.17, 15) is 16.8 Å². The number of sulfonamides is 1. The van der Waals surface area contributed by atoms with Crippen molar-refractivity contribution in [3.05, 3.63) is 46.4 Å². The van der Waals surface area contributed by atoms with Crippen LogP contribution in [0.2, 0.25) is 10.0 Å². The number of nitrogen functional groups attached to an aromatic ring is 1. The van der Waals surface area contributed by atoms with Crippen LogP contribution in [-0.4, -0.2) is 16.8 Å². The molecule has 0 amide bonds. The topological polar surface area (TPSA) is 120 Å². The maximum absolute atomic E-state index is 12.7. The quantitative estimate of drug-likeness (QED) is 0.789. The van der Waals surface area contributed by atoms with Gasteiger partial charge in [0.25, 0.3) is 0 Å². The minimum absolute atomic E-state index is 0.0175. The molecule has 0 aromatic heterocycles. The van der Waals surface area contributed by atoms with E-state index >= 15 is 0 Å². The predicted octanol–water partition coefficient (Wildman–Crippen LogP) is 2.06. The maximum Gasteiger partial charge on any atom is 0.239 e. The monoisotopic (exact) mass is 380 g/mol. The van der Waals surface area contributed by atoms with Gasteiger partial charge in [0.15, 0.2) is 0 Å². The molecule has 0 atom stereocenters. The summed E-state index contributed by atoms with van der Waals surface area (Å²) in [4.78, 5) is -1.37. The third-order valence-corrected chi connectivity index (χ3v) is 6.49. The average molecular weight is 381 g/mol. The SMILES string of the molecule is Nc1cc(Cl)c(S(=O)(=O)c2ccccc2S(N)(=O)=O)cc1Cl. The van der Waals surface area contributed by atoms with Gasteiger partial charge in [-0.3, -0.25) is 0 Å². The molecule has 0 spiro atoms. The van der Waals surface area contributed by atoms with Crippen molar-refractivity contribution in [3.8, 4) is 0 Å². The molecule has 0 saturated carbocycles. The van der Waals surface area contributed by atoms with Gasteiger partial charge in [0.05, 0.1) is 25.5 Å². The molecular weight excluding hydrogens is 371 g/mol. The first kappa shape index (κ1) is 17.0. The highest BCUT2D eigenvalue weighted by molar-refractivity contribution is 7.93. The van der Waals surface area contributed by atoms with Crippen molar-refractivity contribution >= 4 is 48.7 Å². The van der Waals surface area contributed by atoms with Crippen LogP contribution in [-0.2, 0) is 19.9 Å². The molecule has 0 fully saturated rings. The first-order valence-corrected chi connectivity index (χ1v) is 9.45. The van der Waals surface area contributed by atoms with Gasteiger partial charge >= 0.3 is 0 Å². The Morgan fingerprint density at radius 2 is 1.36 bits per heavy atom. The molecule has 6 nitrogen and oxygen atoms in total. The van der Waals surface area contributed by atoms with Crippen molar-refractivity contribution < 1.29 is 16.8 Å². The van der Waals surface area contributed by atoms with Crippen LogP contribution in [0.3, 0.4) is 0 Å². The molecule has 0 aliphatic carbocycles. The molecule has 0 aliphatic heterocycles. The summed E-state index contributed by atoms with van der Waals surface area (Å²) in [5, 5.41) is 4.86. The number of primary sulfonamides is 1. The van der Waals surface area contributed by atoms with Crippen molar-refractivity contribution in [2.75, 3.05) is 5.73 Å². The summed E-state index contributed by atoms with van der Waals surface area (Å²) in [6.07, 6.45) is 0. The first-order valence-electron chi connectivity index (χ1n) is 5.66. The minimum Gasteiger partial charge on any atom is -0.397 e. The number of rotatable bonds is 3. The summed E-state index contributed by atoms with van der Waals surface area (Å²) < 4.78 is 48.5. The van der Waals surface area contributed by atoms with Gasteiger partial charge in [-0.05, 0) is 24.3 Å². The standard InChI is InChI=1S/C12H10Cl2N2O4S2/c13-7-6-12(8(14)5-9(7)15)21(17,18)10-3-1-2-4-11(10)22(16,19)20/h1-6H,15H2,(H2,16,19,20). The minimum atomic E-state index is -4.25. The highest BCUT2D eigenvalue weighted by Gasteiger charge is 2.28. The molecule has 0 saturated heterocycles. The molecule has 0 aliphatic rings. The Bertz CT molecular complexity index is 957. The first-order chi connectivity index (χ1) is 10.0. The molecule has 2 aromatic rings. The van der Waals surface area contributed by atoms with Gasteiger partial charge in [0.1, 0.15) is 4.90 Å². The van der Waals surface area contributed by atoms with Crippen molar-refractivity contribution in [3.63, 3.8) is 0 Å². The number of anilines is 1. The van der Waals surface area contributed by atoms with Crippen molar-refractivity contribution in [1.29, 1.82) is 0 Å². The van der Waals surface area contributed by atoms with Gasteiger partial charge in [-0.15, -0.1) is 0 Å². The zero-order valence-corrected chi connectivity index (χ0v) is 14.0. The molecule has 22 heavy (non-hydrogen) atoms. The van der Waals surface area contributed by atoms with E-state index in [1.807, 2.05) is 0 Å². The lowest BCUT2D eigenvalue weighted by Crippen LogP contribution is -2.17. The van der Waals surface area contributed by atoms with Gasteiger partial charge < -0.3 is 5.73 Å². The Balaban J connectivity index is 2.81. The molecule has 0 unspecified atom stereocenters. The van der Waals surface area contributed by atoms with E-state index in [1.54, 1.807) is 0 Å². The third-order valence-electron chi connectivity index (χ3n) is 2.79. The smallest absolute Gasteiger partial charge is 0.239 e. The Hall–Kier alpha value is -1.32. The molecule has 118 valence electrons. The second-order valence-corrected chi connectivity index (χ2v) is 8.53. The number of hydrogen-bond acceptors (Lipinski definition) is 5. The largest absolute Gasteiger partial charge is 0.397 e. The molecule has 0 heterocycles. The number of hydrogen-bond donors (Lipinski definition) is 2. The Morgan fingerprint density at radius 1 is 0.818 bits per heavy atom. The zero-order chi connectivity index (χ0) is 16.7. The molecule has 0 bridgehead atoms. The van der Waals surface area contributed by atoms with E-state index in [4.69, 9.17) is 34.1 Å². The predicted molar refractivity (Wildman–Crippen MR) is 84.1 cm³/mol. The van der Waals surface area contributed by atoms with Crippen LogP contribution in [0.1, 0.15) is 0 Å². The van der Waals surface area contributed by atoms with E-state index in [-0.39, 0.29) is 20.6 Å². The summed E-state index contributed by atoms with van der Waals surface area (Å²) in [6.45, 7) is 0. The fourth-order valence-corrected chi connectivity index (χ4v) is 5.19. The van der Waals surface area contributed by atoms with Gasteiger partial charge in [0, 0.05) is 0 Å². The number of nitrogens with two attached hydrogens (primary N) is 2. The van der Waals surface area contributed by atoms with E-state index in [0.29, 0.717) is 0 Å². The van der Waals surface area contributed by atoms with Gasteiger partial charge in [-0.2, -0.15) is 0 Å². The Morgan fingerprint density at radius 3 is 1.91 bits per heavy atom. The molecule has 2 rings (SSSR count). The van der Waals surface area contributed by atoms with Crippen LogP contribution >= 0.6 is 23.2 Å². The van der Waals surface area contributed by atoms with E-state index in [0.717, 1.165) is 18.2 Å². The lowest BCUT2D eigenvalue weighted by Gasteiger charge is -2.11. The van der Waals surface area contributed by atoms with Crippen LogP contribution in [0, 0.1) is 0 Å². The van der Waals surface area contributed by atoms with Crippen molar-refractivity contribution in [2.24, 2.45) is 5.14 Å². The lowest BCUT2D eigenvalue weighted by atomic mass is 10.3. The summed E-state index contributed by atoms with van der Waals surface area (Å²) in [6, 6.07) is 7.18. The van der Waals surface area contributed by atoms with Crippen LogP contribution < -0.4 is 10.9 Å². The summed E-state index contributed by atoms with van der Waals surface area (Å²) in [7, 11) is -8.49. The fourth-order valence-electron chi connectivity index (χ4n) is 1.78. The van der Waals surface area contributed by atoms with Crippen molar-refractivity contribution in [2.45, 2.75) is 14.7 Å². The third kappa shape index (κ3) is 3.06. The van der Waals surface area contributed by atoms with E-state index < -0.39 is 29.7 Å². The second-order valence-electron chi connectivity index (χ2n) is 4.30. The molecular formula is C12H10Cl2N2O4S2. The summed E-state index contributed by atoms with van der Waals surface area (Å²) in [5.74, 6) is 0. The lowest BCUT2D eigenvalue weighted by molar-refractivity contribution is 0.583. The zero-order valence-electron chi connectivity index (χ0n) is 10.8. The molecule has 4 N–H and O–H groups in total. The Kier molecular flexibility index (Phi) is 4.42. The van der Waals surface area contributed by atoms with E-state index in [1.165, 1.54) is 18.2 Å². The molecule has 10 heteroatoms. The number of halogens is 2. The second kappa shape index (κ2) is 5.71. The maximum atomic E-state index is 12.7. The van der Waals surface area contributed by atoms with E-state index in [2.05, 4.69) is 0 Å². The van der Waals surface area contributed by atoms with Gasteiger partial charge in [-0.25, -0.2) is 22.0 Å². The summed E-state index contributed by atoms with van der Waals surface area (Å²) >= 11 is 11.7. The fraction of sp³-hybridized carbons (Fsp3) is 0. The average Bonchev–Trinajstić information content (AvgIpc) is 2.41. The normalized spacial score (nSPS) is 12.3. The molecule has 2 aromatic carbocycles. The van der Waals surface area contributed by atoms with Crippen LogP contribution in [0.4, 0.5) is 5.69 Å². The van der Waals surface area contributed by atoms with Gasteiger partial charge in [0.2, 0.25) is 19.9 Å². The molecule has 0 radical (unpaired) electrons.